The third-order valence-electron chi connectivity index (χ3n) is 2.48. The third-order valence-corrected chi connectivity index (χ3v) is 3.68. The summed E-state index contributed by atoms with van der Waals surface area (Å²) in [7, 11) is 0. The lowest BCUT2D eigenvalue weighted by atomic mass is 10.1. The maximum Gasteiger partial charge on any atom is 0.346 e. The van der Waals surface area contributed by atoms with Gasteiger partial charge in [0.05, 0.1) is 0 Å². The number of carbonyl (C=O) groups is 1. The smallest absolute Gasteiger partial charge is 0.346 e. The van der Waals surface area contributed by atoms with Crippen molar-refractivity contribution in [2.24, 2.45) is 0 Å². The van der Waals surface area contributed by atoms with Crippen molar-refractivity contribution in [1.29, 1.82) is 0 Å². The maximum atomic E-state index is 11.1. The van der Waals surface area contributed by atoms with Gasteiger partial charge in [-0.15, -0.1) is 11.3 Å². The highest BCUT2D eigenvalue weighted by Crippen LogP contribution is 2.32. The van der Waals surface area contributed by atoms with Crippen molar-refractivity contribution in [3.8, 4) is 0 Å². The average Bonchev–Trinajstić information content (AvgIpc) is 2.65. The molecule has 1 aromatic heterocycles. The first-order valence-electron chi connectivity index (χ1n) is 5.08. The standard InChI is InChI=1S/C12H12O3S/c13-7-3-5-9-8-4-1-2-6-10(8)16-11(9)12(14)15/h1-2,4,6,13H,3,5,7H2,(H,14,15). The summed E-state index contributed by atoms with van der Waals surface area (Å²) in [4.78, 5) is 11.5. The van der Waals surface area contributed by atoms with Gasteiger partial charge in [0.25, 0.3) is 0 Å². The van der Waals surface area contributed by atoms with Crippen molar-refractivity contribution in [1.82, 2.24) is 0 Å². The number of benzene rings is 1. The molecule has 2 aromatic rings. The fourth-order valence-electron chi connectivity index (χ4n) is 1.78. The zero-order chi connectivity index (χ0) is 11.5. The Balaban J connectivity index is 2.55. The molecule has 0 radical (unpaired) electrons. The van der Waals surface area contributed by atoms with Crippen LogP contribution >= 0.6 is 11.3 Å². The van der Waals surface area contributed by atoms with Crippen molar-refractivity contribution in [2.75, 3.05) is 6.61 Å². The van der Waals surface area contributed by atoms with Gasteiger partial charge in [-0.25, -0.2) is 4.79 Å². The molecule has 3 nitrogen and oxygen atoms in total. The third kappa shape index (κ3) is 1.94. The summed E-state index contributed by atoms with van der Waals surface area (Å²) in [5, 5.41) is 18.9. The maximum absolute atomic E-state index is 11.1. The molecule has 0 bridgehead atoms. The molecule has 0 aliphatic carbocycles. The quantitative estimate of drug-likeness (QED) is 0.857. The van der Waals surface area contributed by atoms with Crippen LogP contribution in [0, 0.1) is 0 Å². The van der Waals surface area contributed by atoms with Crippen LogP contribution < -0.4 is 0 Å². The molecule has 0 atom stereocenters. The zero-order valence-corrected chi connectivity index (χ0v) is 9.46. The molecule has 0 saturated heterocycles. The first-order valence-corrected chi connectivity index (χ1v) is 5.90. The molecule has 1 heterocycles. The van der Waals surface area contributed by atoms with Crippen LogP contribution in [0.25, 0.3) is 10.1 Å². The summed E-state index contributed by atoms with van der Waals surface area (Å²) < 4.78 is 0.993. The van der Waals surface area contributed by atoms with Gasteiger partial charge in [-0.2, -0.15) is 0 Å². The molecule has 1 aromatic carbocycles. The average molecular weight is 236 g/mol. The Morgan fingerprint density at radius 3 is 2.75 bits per heavy atom. The van der Waals surface area contributed by atoms with Gasteiger partial charge in [-0.1, -0.05) is 18.2 Å². The second-order valence-electron chi connectivity index (χ2n) is 3.54. The molecular weight excluding hydrogens is 224 g/mol. The highest BCUT2D eigenvalue weighted by atomic mass is 32.1. The second-order valence-corrected chi connectivity index (χ2v) is 4.59. The van der Waals surface area contributed by atoms with Crippen LogP contribution in [0.2, 0.25) is 0 Å². The minimum Gasteiger partial charge on any atom is -0.477 e. The van der Waals surface area contributed by atoms with E-state index in [-0.39, 0.29) is 6.61 Å². The van der Waals surface area contributed by atoms with Gasteiger partial charge in [0.15, 0.2) is 0 Å². The molecule has 0 unspecified atom stereocenters. The van der Waals surface area contributed by atoms with Crippen LogP contribution in [-0.4, -0.2) is 22.8 Å². The number of hydrogen-bond acceptors (Lipinski definition) is 3. The molecule has 4 heteroatoms. The van der Waals surface area contributed by atoms with E-state index in [1.165, 1.54) is 11.3 Å². The van der Waals surface area contributed by atoms with Gasteiger partial charge in [0.1, 0.15) is 4.88 Å². The van der Waals surface area contributed by atoms with E-state index < -0.39 is 5.97 Å². The van der Waals surface area contributed by atoms with Crippen molar-refractivity contribution in [3.63, 3.8) is 0 Å². The lowest BCUT2D eigenvalue weighted by Gasteiger charge is -1.99. The first kappa shape index (κ1) is 11.1. The van der Waals surface area contributed by atoms with E-state index in [1.807, 2.05) is 24.3 Å². The summed E-state index contributed by atoms with van der Waals surface area (Å²) in [6, 6.07) is 7.67. The van der Waals surface area contributed by atoms with Gasteiger partial charge >= 0.3 is 5.97 Å². The minimum atomic E-state index is -0.880. The van der Waals surface area contributed by atoms with Crippen LogP contribution in [0.4, 0.5) is 0 Å². The highest BCUT2D eigenvalue weighted by molar-refractivity contribution is 7.21. The number of carboxylic acid groups (broad SMARTS) is 1. The second kappa shape index (κ2) is 4.63. The summed E-state index contributed by atoms with van der Waals surface area (Å²) >= 11 is 1.30. The predicted octanol–water partition coefficient (Wildman–Crippen LogP) is 2.52. The number of fused-ring (bicyclic) bond motifs is 1. The summed E-state index contributed by atoms with van der Waals surface area (Å²) in [5.41, 5.74) is 0.849. The topological polar surface area (TPSA) is 57.5 Å². The Kier molecular flexibility index (Phi) is 3.22. The lowest BCUT2D eigenvalue weighted by Crippen LogP contribution is -1.99. The number of aromatic carboxylic acids is 1. The monoisotopic (exact) mass is 236 g/mol. The Morgan fingerprint density at radius 2 is 2.06 bits per heavy atom. The summed E-state index contributed by atoms with van der Waals surface area (Å²) in [6.45, 7) is 0.0865. The largest absolute Gasteiger partial charge is 0.477 e. The van der Waals surface area contributed by atoms with Gasteiger partial charge in [0, 0.05) is 11.3 Å². The van der Waals surface area contributed by atoms with Gasteiger partial charge in [0.2, 0.25) is 0 Å². The van der Waals surface area contributed by atoms with Crippen molar-refractivity contribution in [2.45, 2.75) is 12.8 Å². The predicted molar refractivity (Wildman–Crippen MR) is 64.2 cm³/mol. The van der Waals surface area contributed by atoms with E-state index in [9.17, 15) is 4.79 Å². The van der Waals surface area contributed by atoms with Gasteiger partial charge in [-0.05, 0) is 29.9 Å². The summed E-state index contributed by atoms with van der Waals surface area (Å²) in [6.07, 6.45) is 1.21. The molecule has 0 amide bonds. The van der Waals surface area contributed by atoms with Crippen LogP contribution in [0.15, 0.2) is 24.3 Å². The molecule has 2 rings (SSSR count). The Morgan fingerprint density at radius 1 is 1.31 bits per heavy atom. The van der Waals surface area contributed by atoms with Crippen LogP contribution in [0.5, 0.6) is 0 Å². The van der Waals surface area contributed by atoms with E-state index in [2.05, 4.69) is 0 Å². The molecular formula is C12H12O3S. The number of aryl methyl sites for hydroxylation is 1. The summed E-state index contributed by atoms with van der Waals surface area (Å²) in [5.74, 6) is -0.880. The van der Waals surface area contributed by atoms with E-state index in [0.717, 1.165) is 15.6 Å². The number of hydrogen-bond donors (Lipinski definition) is 2. The molecule has 0 aliphatic heterocycles. The van der Waals surface area contributed by atoms with Crippen LogP contribution in [0.1, 0.15) is 21.7 Å². The first-order chi connectivity index (χ1) is 7.74. The minimum absolute atomic E-state index is 0.0865. The Labute approximate surface area is 97.0 Å². The SMILES string of the molecule is O=C(O)c1sc2ccccc2c1CCCO. The highest BCUT2D eigenvalue weighted by Gasteiger charge is 2.16. The zero-order valence-electron chi connectivity index (χ0n) is 8.64. The van der Waals surface area contributed by atoms with Gasteiger partial charge < -0.3 is 10.2 Å². The Bertz CT molecular complexity index is 516. The van der Waals surface area contributed by atoms with E-state index in [4.69, 9.17) is 10.2 Å². The van der Waals surface area contributed by atoms with Crippen molar-refractivity contribution in [3.05, 3.63) is 34.7 Å². The van der Waals surface area contributed by atoms with Crippen LogP contribution in [0.3, 0.4) is 0 Å². The number of aliphatic hydroxyl groups is 1. The number of thiophene rings is 1. The number of aliphatic hydroxyl groups excluding tert-OH is 1. The molecule has 16 heavy (non-hydrogen) atoms. The van der Waals surface area contributed by atoms with Crippen molar-refractivity contribution >= 4 is 27.4 Å². The molecule has 0 fully saturated rings. The normalized spacial score (nSPS) is 10.8. The Hall–Kier alpha value is -1.39. The van der Waals surface area contributed by atoms with E-state index >= 15 is 0 Å². The van der Waals surface area contributed by atoms with Gasteiger partial charge in [-0.3, -0.25) is 0 Å². The van der Waals surface area contributed by atoms with Crippen molar-refractivity contribution < 1.29 is 15.0 Å². The van der Waals surface area contributed by atoms with E-state index in [0.29, 0.717) is 17.7 Å². The number of rotatable bonds is 4. The molecule has 2 N–H and O–H groups in total. The van der Waals surface area contributed by atoms with E-state index in [1.54, 1.807) is 0 Å². The lowest BCUT2D eigenvalue weighted by molar-refractivity contribution is 0.0701. The molecule has 0 saturated carbocycles. The van der Waals surface area contributed by atoms with Crippen LogP contribution in [-0.2, 0) is 6.42 Å². The molecule has 84 valence electrons. The number of carboxylic acids is 1. The molecule has 0 spiro atoms. The fraction of sp³-hybridized carbons (Fsp3) is 0.250. The fourth-order valence-corrected chi connectivity index (χ4v) is 2.87. The molecule has 0 aliphatic rings.